The Bertz CT molecular complexity index is 601. The third-order valence-corrected chi connectivity index (χ3v) is 3.92. The van der Waals surface area contributed by atoms with Gasteiger partial charge < -0.3 is 4.74 Å². The van der Waals surface area contributed by atoms with Crippen LogP contribution in [0.1, 0.15) is 22.1 Å². The number of halogens is 3. The van der Waals surface area contributed by atoms with Gasteiger partial charge in [0.15, 0.2) is 0 Å². The van der Waals surface area contributed by atoms with Gasteiger partial charge in [0, 0.05) is 15.6 Å². The average molecular weight is 344 g/mol. The fourth-order valence-electron chi connectivity index (χ4n) is 1.94. The van der Waals surface area contributed by atoms with E-state index in [1.54, 1.807) is 32.2 Å². The Hall–Kier alpha value is -1.06. The molecule has 0 heterocycles. The molecule has 19 heavy (non-hydrogen) atoms. The van der Waals surface area contributed by atoms with Crippen LogP contribution in [0, 0.1) is 12.7 Å². The van der Waals surface area contributed by atoms with Gasteiger partial charge in [-0.1, -0.05) is 34.1 Å². The molecule has 2 aromatic carbocycles. The van der Waals surface area contributed by atoms with Gasteiger partial charge in [-0.2, -0.15) is 0 Å². The van der Waals surface area contributed by atoms with Gasteiger partial charge in [-0.15, -0.1) is 11.6 Å². The van der Waals surface area contributed by atoms with Crippen LogP contribution in [-0.4, -0.2) is 7.11 Å². The van der Waals surface area contributed by atoms with E-state index >= 15 is 0 Å². The quantitative estimate of drug-likeness (QED) is 0.693. The van der Waals surface area contributed by atoms with Crippen molar-refractivity contribution >= 4 is 27.5 Å². The molecule has 0 amide bonds. The Labute approximate surface area is 125 Å². The summed E-state index contributed by atoms with van der Waals surface area (Å²) in [6, 6.07) is 10.7. The predicted octanol–water partition coefficient (Wildman–Crippen LogP) is 5.23. The highest BCUT2D eigenvalue weighted by Gasteiger charge is 2.20. The van der Waals surface area contributed by atoms with Crippen LogP contribution in [0.3, 0.4) is 0 Å². The smallest absolute Gasteiger partial charge is 0.131 e. The highest BCUT2D eigenvalue weighted by Crippen LogP contribution is 2.38. The topological polar surface area (TPSA) is 9.23 Å². The zero-order valence-corrected chi connectivity index (χ0v) is 12.9. The zero-order chi connectivity index (χ0) is 14.0. The van der Waals surface area contributed by atoms with Crippen molar-refractivity contribution in [2.75, 3.05) is 7.11 Å². The highest BCUT2D eigenvalue weighted by atomic mass is 79.9. The molecule has 0 saturated heterocycles. The Morgan fingerprint density at radius 1 is 1.21 bits per heavy atom. The number of aryl methyl sites for hydroxylation is 1. The standard InChI is InChI=1S/C15H13BrClFO/c1-9-4-3-5-11(15(9)18)14(17)12-8-10(16)6-7-13(12)19-2/h3-8,14H,1-2H3. The summed E-state index contributed by atoms with van der Waals surface area (Å²) in [5.41, 5.74) is 1.78. The normalized spacial score (nSPS) is 12.3. The first-order chi connectivity index (χ1) is 9.04. The van der Waals surface area contributed by atoms with E-state index in [1.165, 1.54) is 0 Å². The summed E-state index contributed by atoms with van der Waals surface area (Å²) < 4.78 is 20.3. The van der Waals surface area contributed by atoms with Crippen molar-refractivity contribution in [2.24, 2.45) is 0 Å². The van der Waals surface area contributed by atoms with Gasteiger partial charge >= 0.3 is 0 Å². The van der Waals surface area contributed by atoms with E-state index in [0.717, 1.165) is 10.0 Å². The van der Waals surface area contributed by atoms with Gasteiger partial charge in [-0.05, 0) is 30.7 Å². The summed E-state index contributed by atoms with van der Waals surface area (Å²) in [7, 11) is 1.57. The summed E-state index contributed by atoms with van der Waals surface area (Å²) in [5.74, 6) is 0.369. The highest BCUT2D eigenvalue weighted by molar-refractivity contribution is 9.10. The minimum Gasteiger partial charge on any atom is -0.496 e. The van der Waals surface area contributed by atoms with Crippen LogP contribution in [-0.2, 0) is 0 Å². The molecule has 0 radical (unpaired) electrons. The van der Waals surface area contributed by atoms with Crippen LogP contribution in [0.15, 0.2) is 40.9 Å². The summed E-state index contributed by atoms with van der Waals surface area (Å²) in [4.78, 5) is 0. The van der Waals surface area contributed by atoms with Crippen LogP contribution >= 0.6 is 27.5 Å². The Kier molecular flexibility index (Phi) is 4.48. The molecule has 4 heteroatoms. The van der Waals surface area contributed by atoms with Gasteiger partial charge in [0.05, 0.1) is 12.5 Å². The second-order valence-electron chi connectivity index (χ2n) is 4.23. The lowest BCUT2D eigenvalue weighted by Crippen LogP contribution is -2.01. The first kappa shape index (κ1) is 14.4. The molecule has 0 N–H and O–H groups in total. The molecular formula is C15H13BrClFO. The molecule has 1 unspecified atom stereocenters. The van der Waals surface area contributed by atoms with E-state index in [1.807, 2.05) is 18.2 Å². The molecule has 2 aromatic rings. The van der Waals surface area contributed by atoms with Crippen LogP contribution in [0.4, 0.5) is 4.39 Å². The fraction of sp³-hybridized carbons (Fsp3) is 0.200. The summed E-state index contributed by atoms with van der Waals surface area (Å²) >= 11 is 9.82. The molecule has 0 aliphatic carbocycles. The molecule has 1 atom stereocenters. The van der Waals surface area contributed by atoms with Gasteiger partial charge in [0.2, 0.25) is 0 Å². The summed E-state index contributed by atoms with van der Waals surface area (Å²) in [6.45, 7) is 1.72. The number of benzene rings is 2. The van der Waals surface area contributed by atoms with Crippen molar-refractivity contribution in [3.63, 3.8) is 0 Å². The largest absolute Gasteiger partial charge is 0.496 e. The Balaban J connectivity index is 2.52. The monoisotopic (exact) mass is 342 g/mol. The molecule has 0 aliphatic heterocycles. The molecule has 0 bridgehead atoms. The second kappa shape index (κ2) is 5.93. The first-order valence-electron chi connectivity index (χ1n) is 5.77. The van der Waals surface area contributed by atoms with E-state index in [0.29, 0.717) is 16.9 Å². The first-order valence-corrected chi connectivity index (χ1v) is 7.00. The van der Waals surface area contributed by atoms with Crippen molar-refractivity contribution < 1.29 is 9.13 Å². The maximum atomic E-state index is 14.1. The number of hydrogen-bond acceptors (Lipinski definition) is 1. The molecule has 0 fully saturated rings. The number of rotatable bonds is 3. The van der Waals surface area contributed by atoms with E-state index in [2.05, 4.69) is 15.9 Å². The summed E-state index contributed by atoms with van der Waals surface area (Å²) in [5, 5.41) is -0.590. The minimum atomic E-state index is -0.590. The molecule has 2 rings (SSSR count). The van der Waals surface area contributed by atoms with Crippen molar-refractivity contribution in [3.05, 3.63) is 63.4 Å². The number of methoxy groups -OCH3 is 1. The lowest BCUT2D eigenvalue weighted by molar-refractivity contribution is 0.410. The molecule has 0 spiro atoms. The van der Waals surface area contributed by atoms with Gasteiger partial charge in [-0.3, -0.25) is 0 Å². The predicted molar refractivity (Wildman–Crippen MR) is 79.5 cm³/mol. The van der Waals surface area contributed by atoms with E-state index < -0.39 is 5.38 Å². The van der Waals surface area contributed by atoms with Crippen LogP contribution in [0.2, 0.25) is 0 Å². The lowest BCUT2D eigenvalue weighted by Gasteiger charge is -2.16. The Morgan fingerprint density at radius 2 is 1.95 bits per heavy atom. The molecule has 0 saturated carbocycles. The molecule has 0 aromatic heterocycles. The van der Waals surface area contributed by atoms with Crippen molar-refractivity contribution in [1.29, 1.82) is 0 Å². The van der Waals surface area contributed by atoms with E-state index in [-0.39, 0.29) is 5.82 Å². The number of alkyl halides is 1. The SMILES string of the molecule is COc1ccc(Br)cc1C(Cl)c1cccc(C)c1F. The third kappa shape index (κ3) is 2.93. The number of hydrogen-bond donors (Lipinski definition) is 0. The fourth-order valence-corrected chi connectivity index (χ4v) is 2.65. The van der Waals surface area contributed by atoms with Crippen LogP contribution < -0.4 is 4.74 Å². The van der Waals surface area contributed by atoms with Crippen molar-refractivity contribution in [2.45, 2.75) is 12.3 Å². The van der Waals surface area contributed by atoms with E-state index in [4.69, 9.17) is 16.3 Å². The minimum absolute atomic E-state index is 0.274. The molecule has 100 valence electrons. The van der Waals surface area contributed by atoms with Crippen molar-refractivity contribution in [1.82, 2.24) is 0 Å². The zero-order valence-electron chi connectivity index (χ0n) is 10.6. The van der Waals surface area contributed by atoms with Crippen LogP contribution in [0.5, 0.6) is 5.75 Å². The number of ether oxygens (including phenoxy) is 1. The second-order valence-corrected chi connectivity index (χ2v) is 5.58. The maximum absolute atomic E-state index is 14.1. The molecular weight excluding hydrogens is 331 g/mol. The lowest BCUT2D eigenvalue weighted by atomic mass is 10.0. The molecule has 0 aliphatic rings. The summed E-state index contributed by atoms with van der Waals surface area (Å²) in [6.07, 6.45) is 0. The van der Waals surface area contributed by atoms with Gasteiger partial charge in [0.25, 0.3) is 0 Å². The Morgan fingerprint density at radius 3 is 2.63 bits per heavy atom. The van der Waals surface area contributed by atoms with Gasteiger partial charge in [-0.25, -0.2) is 4.39 Å². The van der Waals surface area contributed by atoms with E-state index in [9.17, 15) is 4.39 Å². The van der Waals surface area contributed by atoms with Crippen molar-refractivity contribution in [3.8, 4) is 5.75 Å². The third-order valence-electron chi connectivity index (χ3n) is 2.96. The van der Waals surface area contributed by atoms with Crippen LogP contribution in [0.25, 0.3) is 0 Å². The molecule has 1 nitrogen and oxygen atoms in total. The average Bonchev–Trinajstić information content (AvgIpc) is 2.41. The maximum Gasteiger partial charge on any atom is 0.131 e. The van der Waals surface area contributed by atoms with Gasteiger partial charge in [0.1, 0.15) is 11.6 Å².